The third kappa shape index (κ3) is 3.99. The van der Waals surface area contributed by atoms with E-state index in [1.54, 1.807) is 31.3 Å². The van der Waals surface area contributed by atoms with Crippen molar-refractivity contribution in [1.82, 2.24) is 4.90 Å². The number of hydrogen-bond donors (Lipinski definition) is 1. The molecule has 0 radical (unpaired) electrons. The van der Waals surface area contributed by atoms with Crippen LogP contribution in [0.3, 0.4) is 0 Å². The molecule has 5 nitrogen and oxygen atoms in total. The fourth-order valence-corrected chi connectivity index (χ4v) is 2.39. The van der Waals surface area contributed by atoms with Crippen LogP contribution in [0.15, 0.2) is 42.5 Å². The molecule has 2 rings (SSSR count). The third-order valence-electron chi connectivity index (χ3n) is 3.73. The molecule has 0 atom stereocenters. The molecular weight excluding hydrogens is 302 g/mol. The second kappa shape index (κ2) is 7.42. The van der Waals surface area contributed by atoms with E-state index in [2.05, 4.69) is 5.32 Å². The summed E-state index contributed by atoms with van der Waals surface area (Å²) >= 11 is 0. The summed E-state index contributed by atoms with van der Waals surface area (Å²) in [4.78, 5) is 25.9. The quantitative estimate of drug-likeness (QED) is 0.941. The van der Waals surface area contributed by atoms with Crippen LogP contribution < -0.4 is 5.32 Å². The van der Waals surface area contributed by atoms with Crippen LogP contribution in [-0.4, -0.2) is 30.3 Å². The Labute approximate surface area is 141 Å². The molecular formula is C19H19N3O2. The molecule has 2 aromatic carbocycles. The maximum Gasteiger partial charge on any atom is 0.254 e. The van der Waals surface area contributed by atoms with Crippen LogP contribution in [0.2, 0.25) is 0 Å². The standard InChI is InChI=1S/C19H19N3O2/c1-13-5-4-6-14(2)18(13)21-17(23)12-22(3)19(24)16-9-7-15(11-20)8-10-16/h4-10H,12H2,1-3H3,(H,21,23). The number of nitrogens with one attached hydrogen (secondary N) is 1. The van der Waals surface area contributed by atoms with Gasteiger partial charge in [0.05, 0.1) is 18.2 Å². The van der Waals surface area contributed by atoms with Crippen molar-refractivity contribution in [3.8, 4) is 6.07 Å². The largest absolute Gasteiger partial charge is 0.332 e. The van der Waals surface area contributed by atoms with E-state index in [1.807, 2.05) is 38.1 Å². The highest BCUT2D eigenvalue weighted by molar-refractivity contribution is 5.99. The van der Waals surface area contributed by atoms with Gasteiger partial charge >= 0.3 is 0 Å². The van der Waals surface area contributed by atoms with E-state index in [0.717, 1.165) is 16.8 Å². The van der Waals surface area contributed by atoms with Crippen molar-refractivity contribution in [2.45, 2.75) is 13.8 Å². The fourth-order valence-electron chi connectivity index (χ4n) is 2.39. The molecule has 0 saturated carbocycles. The average Bonchev–Trinajstić information content (AvgIpc) is 2.57. The Morgan fingerprint density at radius 3 is 2.21 bits per heavy atom. The smallest absolute Gasteiger partial charge is 0.254 e. The van der Waals surface area contributed by atoms with Gasteiger partial charge in [-0.1, -0.05) is 18.2 Å². The van der Waals surface area contributed by atoms with Gasteiger partial charge in [-0.25, -0.2) is 0 Å². The zero-order chi connectivity index (χ0) is 17.7. The molecule has 0 aromatic heterocycles. The summed E-state index contributed by atoms with van der Waals surface area (Å²) in [5, 5.41) is 11.6. The lowest BCUT2D eigenvalue weighted by Crippen LogP contribution is -2.35. The van der Waals surface area contributed by atoms with E-state index in [1.165, 1.54) is 4.90 Å². The molecule has 0 bridgehead atoms. The maximum atomic E-state index is 12.3. The van der Waals surface area contributed by atoms with Gasteiger partial charge in [-0.05, 0) is 49.2 Å². The summed E-state index contributed by atoms with van der Waals surface area (Å²) in [6.45, 7) is 3.80. The van der Waals surface area contributed by atoms with Crippen molar-refractivity contribution >= 4 is 17.5 Å². The molecule has 5 heteroatoms. The first-order chi connectivity index (χ1) is 11.4. The van der Waals surface area contributed by atoms with Gasteiger partial charge < -0.3 is 10.2 Å². The minimum absolute atomic E-state index is 0.0490. The molecule has 0 aliphatic heterocycles. The fraction of sp³-hybridized carbons (Fsp3) is 0.211. The van der Waals surface area contributed by atoms with Gasteiger partial charge in [0, 0.05) is 18.3 Å². The number of aryl methyl sites for hydroxylation is 2. The molecule has 0 spiro atoms. The highest BCUT2D eigenvalue weighted by Gasteiger charge is 2.16. The van der Waals surface area contributed by atoms with E-state index in [0.29, 0.717) is 11.1 Å². The van der Waals surface area contributed by atoms with Crippen molar-refractivity contribution in [1.29, 1.82) is 5.26 Å². The van der Waals surface area contributed by atoms with E-state index in [-0.39, 0.29) is 18.4 Å². The summed E-state index contributed by atoms with van der Waals surface area (Å²) in [5.41, 5.74) is 3.66. The number of nitriles is 1. The number of para-hydroxylation sites is 1. The zero-order valence-corrected chi connectivity index (χ0v) is 14.0. The molecule has 0 aliphatic rings. The summed E-state index contributed by atoms with van der Waals surface area (Å²) in [5.74, 6) is -0.520. The first kappa shape index (κ1) is 17.2. The Balaban J connectivity index is 2.03. The third-order valence-corrected chi connectivity index (χ3v) is 3.73. The predicted octanol–water partition coefficient (Wildman–Crippen LogP) is 2.89. The Morgan fingerprint density at radius 1 is 1.08 bits per heavy atom. The number of amides is 2. The summed E-state index contributed by atoms with van der Waals surface area (Å²) in [7, 11) is 1.57. The monoisotopic (exact) mass is 321 g/mol. The summed E-state index contributed by atoms with van der Waals surface area (Å²) < 4.78 is 0. The molecule has 122 valence electrons. The van der Waals surface area contributed by atoms with E-state index in [4.69, 9.17) is 5.26 Å². The van der Waals surface area contributed by atoms with Crippen LogP contribution in [-0.2, 0) is 4.79 Å². The first-order valence-electron chi connectivity index (χ1n) is 7.54. The van der Waals surface area contributed by atoms with Gasteiger partial charge in [0.25, 0.3) is 5.91 Å². The first-order valence-corrected chi connectivity index (χ1v) is 7.54. The number of rotatable bonds is 4. The van der Waals surface area contributed by atoms with Crippen molar-refractivity contribution in [3.05, 3.63) is 64.7 Å². The molecule has 0 saturated heterocycles. The molecule has 0 fully saturated rings. The van der Waals surface area contributed by atoms with Gasteiger partial charge in [-0.3, -0.25) is 9.59 Å². The highest BCUT2D eigenvalue weighted by atomic mass is 16.2. The molecule has 0 heterocycles. The van der Waals surface area contributed by atoms with Crippen LogP contribution in [0.4, 0.5) is 5.69 Å². The lowest BCUT2D eigenvalue weighted by molar-refractivity contribution is -0.116. The minimum atomic E-state index is -0.267. The second-order valence-corrected chi connectivity index (χ2v) is 5.67. The summed E-state index contributed by atoms with van der Waals surface area (Å²) in [6, 6.07) is 14.1. The molecule has 24 heavy (non-hydrogen) atoms. The number of anilines is 1. The van der Waals surface area contributed by atoms with Crippen LogP contribution >= 0.6 is 0 Å². The SMILES string of the molecule is Cc1cccc(C)c1NC(=O)CN(C)C(=O)c1ccc(C#N)cc1. The van der Waals surface area contributed by atoms with Crippen LogP contribution in [0.1, 0.15) is 27.0 Å². The van der Waals surface area contributed by atoms with E-state index in [9.17, 15) is 9.59 Å². The van der Waals surface area contributed by atoms with E-state index < -0.39 is 0 Å². The zero-order valence-electron chi connectivity index (χ0n) is 14.0. The molecule has 2 aromatic rings. The minimum Gasteiger partial charge on any atom is -0.332 e. The van der Waals surface area contributed by atoms with E-state index >= 15 is 0 Å². The number of benzene rings is 2. The van der Waals surface area contributed by atoms with Crippen LogP contribution in [0.25, 0.3) is 0 Å². The van der Waals surface area contributed by atoms with Gasteiger partial charge in [0.1, 0.15) is 0 Å². The summed E-state index contributed by atoms with van der Waals surface area (Å²) in [6.07, 6.45) is 0. The Bertz CT molecular complexity index is 784. The van der Waals surface area contributed by atoms with Crippen molar-refractivity contribution < 1.29 is 9.59 Å². The van der Waals surface area contributed by atoms with Gasteiger partial charge in [0.2, 0.25) is 5.91 Å². The number of carbonyl (C=O) groups is 2. The lowest BCUT2D eigenvalue weighted by atomic mass is 10.1. The van der Waals surface area contributed by atoms with Crippen molar-refractivity contribution in [2.24, 2.45) is 0 Å². The van der Waals surface area contributed by atoms with Crippen molar-refractivity contribution in [3.63, 3.8) is 0 Å². The van der Waals surface area contributed by atoms with Gasteiger partial charge in [0.15, 0.2) is 0 Å². The Morgan fingerprint density at radius 2 is 1.67 bits per heavy atom. The Kier molecular flexibility index (Phi) is 5.33. The molecule has 2 amide bonds. The maximum absolute atomic E-state index is 12.3. The topological polar surface area (TPSA) is 73.2 Å². The highest BCUT2D eigenvalue weighted by Crippen LogP contribution is 2.19. The predicted molar refractivity (Wildman–Crippen MR) is 92.7 cm³/mol. The van der Waals surface area contributed by atoms with Gasteiger partial charge in [-0.2, -0.15) is 5.26 Å². The van der Waals surface area contributed by atoms with Crippen molar-refractivity contribution in [2.75, 3.05) is 18.9 Å². The number of hydrogen-bond acceptors (Lipinski definition) is 3. The van der Waals surface area contributed by atoms with Crippen LogP contribution in [0, 0.1) is 25.2 Å². The average molecular weight is 321 g/mol. The van der Waals surface area contributed by atoms with Crippen LogP contribution in [0.5, 0.6) is 0 Å². The second-order valence-electron chi connectivity index (χ2n) is 5.67. The van der Waals surface area contributed by atoms with Gasteiger partial charge in [-0.15, -0.1) is 0 Å². The number of likely N-dealkylation sites (N-methyl/N-ethyl adjacent to an activating group) is 1. The number of carbonyl (C=O) groups excluding carboxylic acids is 2. The normalized spacial score (nSPS) is 9.92. The Hall–Kier alpha value is -3.13. The molecule has 1 N–H and O–H groups in total. The number of nitrogens with zero attached hydrogens (tertiary/aromatic N) is 2. The molecule has 0 aliphatic carbocycles. The molecule has 0 unspecified atom stereocenters. The lowest BCUT2D eigenvalue weighted by Gasteiger charge is -2.18.